The highest BCUT2D eigenvalue weighted by Crippen LogP contribution is 2.32. The molecule has 12 heavy (non-hydrogen) atoms. The Morgan fingerprint density at radius 1 is 1.50 bits per heavy atom. The lowest BCUT2D eigenvalue weighted by atomic mass is 10.4. The smallest absolute Gasteiger partial charge is 0.224 e. The molecular weight excluding hydrogens is 262 g/mol. The molecule has 0 saturated carbocycles. The van der Waals surface area contributed by atoms with Gasteiger partial charge in [0.2, 0.25) is 5.28 Å². The third kappa shape index (κ3) is 1.28. The number of nitrogens with two attached hydrogens (primary N) is 1. The van der Waals surface area contributed by atoms with E-state index in [4.69, 9.17) is 17.3 Å². The molecule has 0 aliphatic carbocycles. The summed E-state index contributed by atoms with van der Waals surface area (Å²) in [6, 6.07) is 1.86. The van der Waals surface area contributed by atoms with Crippen LogP contribution in [-0.4, -0.2) is 9.97 Å². The van der Waals surface area contributed by atoms with E-state index in [1.165, 1.54) is 11.3 Å². The van der Waals surface area contributed by atoms with E-state index in [1.54, 1.807) is 0 Å². The van der Waals surface area contributed by atoms with Crippen molar-refractivity contribution in [3.63, 3.8) is 0 Å². The van der Waals surface area contributed by atoms with E-state index in [0.29, 0.717) is 5.82 Å². The number of aromatic nitrogens is 2. The van der Waals surface area contributed by atoms with E-state index >= 15 is 0 Å². The zero-order valence-corrected chi connectivity index (χ0v) is 8.87. The van der Waals surface area contributed by atoms with Gasteiger partial charge in [0, 0.05) is 0 Å². The van der Waals surface area contributed by atoms with Gasteiger partial charge in [-0.1, -0.05) is 0 Å². The largest absolute Gasteiger partial charge is 0.382 e. The summed E-state index contributed by atoms with van der Waals surface area (Å²) in [4.78, 5) is 7.85. The quantitative estimate of drug-likeness (QED) is 0.744. The molecule has 0 saturated heterocycles. The first-order chi connectivity index (χ1) is 5.66. The van der Waals surface area contributed by atoms with Gasteiger partial charge < -0.3 is 5.73 Å². The average molecular weight is 265 g/mol. The first-order valence-corrected chi connectivity index (χ1v) is 5.03. The van der Waals surface area contributed by atoms with Gasteiger partial charge in [0.05, 0.1) is 14.0 Å². The maximum Gasteiger partial charge on any atom is 0.224 e. The van der Waals surface area contributed by atoms with Crippen LogP contribution in [0.15, 0.2) is 9.85 Å². The number of thiophene rings is 1. The van der Waals surface area contributed by atoms with Gasteiger partial charge >= 0.3 is 0 Å². The zero-order valence-electron chi connectivity index (χ0n) is 5.71. The number of rotatable bonds is 0. The maximum absolute atomic E-state index is 5.62. The molecule has 2 aromatic rings. The summed E-state index contributed by atoms with van der Waals surface area (Å²) < 4.78 is 1.84. The fourth-order valence-corrected chi connectivity index (χ4v) is 2.50. The van der Waals surface area contributed by atoms with E-state index in [1.807, 2.05) is 6.07 Å². The number of nitrogen functional groups attached to an aromatic ring is 1. The molecule has 2 N–H and O–H groups in total. The lowest BCUT2D eigenvalue weighted by molar-refractivity contribution is 1.24. The predicted octanol–water partition coefficient (Wildman–Crippen LogP) is 2.69. The first-order valence-electron chi connectivity index (χ1n) is 3.05. The van der Waals surface area contributed by atoms with Crippen LogP contribution in [0.25, 0.3) is 10.2 Å². The van der Waals surface area contributed by atoms with Gasteiger partial charge in [0.1, 0.15) is 5.82 Å². The van der Waals surface area contributed by atoms with E-state index in [2.05, 4.69) is 25.9 Å². The fraction of sp³-hybridized carbons (Fsp3) is 0. The molecule has 0 aliphatic rings. The second kappa shape index (κ2) is 2.83. The van der Waals surface area contributed by atoms with Gasteiger partial charge in [-0.2, -0.15) is 4.98 Å². The summed E-state index contributed by atoms with van der Waals surface area (Å²) >= 11 is 10.5. The van der Waals surface area contributed by atoms with Gasteiger partial charge in [-0.3, -0.25) is 0 Å². The van der Waals surface area contributed by atoms with Gasteiger partial charge in [-0.05, 0) is 33.6 Å². The zero-order chi connectivity index (χ0) is 8.72. The Morgan fingerprint density at radius 3 is 3.00 bits per heavy atom. The molecule has 0 fully saturated rings. The van der Waals surface area contributed by atoms with Crippen molar-refractivity contribution in [3.05, 3.63) is 15.1 Å². The van der Waals surface area contributed by atoms with Crippen LogP contribution in [0.5, 0.6) is 0 Å². The van der Waals surface area contributed by atoms with Gasteiger partial charge in [-0.15, -0.1) is 11.3 Å². The Bertz CT molecular complexity index is 442. The molecule has 0 spiro atoms. The Balaban J connectivity index is 2.88. The lowest BCUT2D eigenvalue weighted by Crippen LogP contribution is -1.91. The highest BCUT2D eigenvalue weighted by molar-refractivity contribution is 9.11. The monoisotopic (exact) mass is 263 g/mol. The van der Waals surface area contributed by atoms with Crippen LogP contribution in [0.2, 0.25) is 5.28 Å². The minimum absolute atomic E-state index is 0.185. The Morgan fingerprint density at radius 2 is 2.25 bits per heavy atom. The van der Waals surface area contributed by atoms with Crippen LogP contribution in [0.1, 0.15) is 0 Å². The summed E-state index contributed by atoms with van der Waals surface area (Å²) in [6.07, 6.45) is 0. The van der Waals surface area contributed by atoms with Crippen molar-refractivity contribution in [1.82, 2.24) is 9.97 Å². The Hall–Kier alpha value is -0.390. The van der Waals surface area contributed by atoms with Crippen LogP contribution >= 0.6 is 38.9 Å². The Kier molecular flexibility index (Phi) is 1.94. The highest BCUT2D eigenvalue weighted by Gasteiger charge is 2.06. The van der Waals surface area contributed by atoms with Gasteiger partial charge in [0.25, 0.3) is 0 Å². The Labute approximate surface area is 85.7 Å². The maximum atomic E-state index is 5.62. The molecule has 0 aliphatic heterocycles. The molecule has 6 heteroatoms. The van der Waals surface area contributed by atoms with Crippen molar-refractivity contribution in [2.24, 2.45) is 0 Å². The van der Waals surface area contributed by atoms with Crippen molar-refractivity contribution in [2.75, 3.05) is 5.73 Å². The molecule has 0 atom stereocenters. The van der Waals surface area contributed by atoms with Crippen LogP contribution in [0.4, 0.5) is 5.82 Å². The van der Waals surface area contributed by atoms with Crippen LogP contribution in [0.3, 0.4) is 0 Å². The summed E-state index contributed by atoms with van der Waals surface area (Å²) in [5, 5.41) is 0.185. The van der Waals surface area contributed by atoms with E-state index < -0.39 is 0 Å². The molecule has 2 aromatic heterocycles. The molecule has 62 valence electrons. The number of nitrogens with zero attached hydrogens (tertiary/aromatic N) is 2. The molecule has 0 amide bonds. The standard InChI is InChI=1S/C6H3BrClN3S/c7-3-1-2-4(12-3)5(9)11-6(8)10-2/h1H,(H2,9,10,11). The van der Waals surface area contributed by atoms with Crippen LogP contribution < -0.4 is 5.73 Å². The van der Waals surface area contributed by atoms with Crippen molar-refractivity contribution in [3.8, 4) is 0 Å². The van der Waals surface area contributed by atoms with Crippen molar-refractivity contribution < 1.29 is 0 Å². The second-order valence-corrected chi connectivity index (χ2v) is 4.91. The first kappa shape index (κ1) is 8.22. The normalized spacial score (nSPS) is 10.8. The second-order valence-electron chi connectivity index (χ2n) is 2.14. The lowest BCUT2D eigenvalue weighted by Gasteiger charge is -1.93. The fourth-order valence-electron chi connectivity index (χ4n) is 0.893. The molecule has 0 unspecified atom stereocenters. The third-order valence-electron chi connectivity index (χ3n) is 1.34. The minimum Gasteiger partial charge on any atom is -0.382 e. The SMILES string of the molecule is Nc1nc(Cl)nc2cc(Br)sc12. The van der Waals surface area contributed by atoms with Gasteiger partial charge in [-0.25, -0.2) is 4.98 Å². The van der Waals surface area contributed by atoms with E-state index in [9.17, 15) is 0 Å². The summed E-state index contributed by atoms with van der Waals surface area (Å²) in [7, 11) is 0. The highest BCUT2D eigenvalue weighted by atomic mass is 79.9. The van der Waals surface area contributed by atoms with E-state index in [-0.39, 0.29) is 5.28 Å². The number of anilines is 1. The predicted molar refractivity (Wildman–Crippen MR) is 54.5 cm³/mol. The van der Waals surface area contributed by atoms with Crippen molar-refractivity contribution >= 4 is 54.9 Å². The van der Waals surface area contributed by atoms with E-state index in [0.717, 1.165) is 14.0 Å². The molecule has 3 nitrogen and oxygen atoms in total. The van der Waals surface area contributed by atoms with Gasteiger partial charge in [0.15, 0.2) is 0 Å². The summed E-state index contributed by atoms with van der Waals surface area (Å²) in [5.41, 5.74) is 6.41. The number of halogens is 2. The molecule has 2 heterocycles. The van der Waals surface area contributed by atoms with Crippen LogP contribution in [-0.2, 0) is 0 Å². The van der Waals surface area contributed by atoms with Crippen LogP contribution in [0, 0.1) is 0 Å². The average Bonchev–Trinajstić information content (AvgIpc) is 2.29. The molecular formula is C6H3BrClN3S. The summed E-state index contributed by atoms with van der Waals surface area (Å²) in [5.74, 6) is 0.431. The molecule has 0 bridgehead atoms. The number of hydrogen-bond donors (Lipinski definition) is 1. The molecule has 0 aromatic carbocycles. The number of hydrogen-bond acceptors (Lipinski definition) is 4. The van der Waals surface area contributed by atoms with Crippen molar-refractivity contribution in [2.45, 2.75) is 0 Å². The summed E-state index contributed by atoms with van der Waals surface area (Å²) in [6.45, 7) is 0. The van der Waals surface area contributed by atoms with Crippen molar-refractivity contribution in [1.29, 1.82) is 0 Å². The molecule has 0 radical (unpaired) electrons. The molecule has 2 rings (SSSR count). The minimum atomic E-state index is 0.185. The number of fused-ring (bicyclic) bond motifs is 1. The third-order valence-corrected chi connectivity index (χ3v) is 3.16. The topological polar surface area (TPSA) is 51.8 Å².